The quantitative estimate of drug-likeness (QED) is 0.917. The molecule has 0 saturated carbocycles. The molecule has 0 aliphatic heterocycles. The molecule has 1 N–H and O–H groups in total. The lowest BCUT2D eigenvalue weighted by atomic mass is 10.2. The third-order valence-electron chi connectivity index (χ3n) is 2.59. The Morgan fingerprint density at radius 1 is 1.47 bits per heavy atom. The van der Waals surface area contributed by atoms with Gasteiger partial charge in [0.05, 0.1) is 17.4 Å². The predicted octanol–water partition coefficient (Wildman–Crippen LogP) is 2.81. The lowest BCUT2D eigenvalue weighted by molar-refractivity contribution is 0.529. The molecule has 2 rings (SSSR count). The van der Waals surface area contributed by atoms with Gasteiger partial charge in [-0.3, -0.25) is 0 Å². The molecule has 0 spiro atoms. The van der Waals surface area contributed by atoms with Gasteiger partial charge in [-0.2, -0.15) is 5.10 Å². The van der Waals surface area contributed by atoms with Gasteiger partial charge in [0.15, 0.2) is 11.6 Å². The number of nitrogens with zero attached hydrogens (tertiary/aromatic N) is 3. The van der Waals surface area contributed by atoms with Gasteiger partial charge in [-0.25, -0.2) is 14.1 Å². The second-order valence-electron chi connectivity index (χ2n) is 4.74. The Hall–Kier alpha value is -1.46. The van der Waals surface area contributed by atoms with Crippen molar-refractivity contribution in [3.63, 3.8) is 0 Å². The maximum absolute atomic E-state index is 14.3. The van der Waals surface area contributed by atoms with Gasteiger partial charge >= 0.3 is 0 Å². The van der Waals surface area contributed by atoms with Crippen LogP contribution in [0.5, 0.6) is 0 Å². The second-order valence-corrected chi connectivity index (χ2v) is 5.17. The van der Waals surface area contributed by atoms with Gasteiger partial charge in [-0.05, 0) is 18.5 Å². The number of hydrogen-bond acceptors (Lipinski definition) is 3. The van der Waals surface area contributed by atoms with Crippen LogP contribution >= 0.6 is 11.6 Å². The molecule has 2 heterocycles. The zero-order valence-corrected chi connectivity index (χ0v) is 11.7. The molecule has 2 aromatic rings. The summed E-state index contributed by atoms with van der Waals surface area (Å²) in [6, 6.07) is 1.66. The largest absolute Gasteiger partial charge is 0.312 e. The van der Waals surface area contributed by atoms with E-state index >= 15 is 0 Å². The van der Waals surface area contributed by atoms with Crippen LogP contribution in [0.15, 0.2) is 24.7 Å². The van der Waals surface area contributed by atoms with E-state index in [1.165, 1.54) is 17.1 Å². The van der Waals surface area contributed by atoms with E-state index in [0.29, 0.717) is 23.0 Å². The Labute approximate surface area is 116 Å². The molecule has 0 aromatic carbocycles. The first kappa shape index (κ1) is 14.0. The predicted molar refractivity (Wildman–Crippen MR) is 72.9 cm³/mol. The van der Waals surface area contributed by atoms with Crippen LogP contribution in [0.1, 0.15) is 19.4 Å². The Bertz CT molecular complexity index is 553. The number of aromatic nitrogens is 3. The van der Waals surface area contributed by atoms with Crippen molar-refractivity contribution in [3.05, 3.63) is 41.1 Å². The highest BCUT2D eigenvalue weighted by Crippen LogP contribution is 2.16. The normalized spacial score (nSPS) is 11.2. The van der Waals surface area contributed by atoms with Crippen LogP contribution in [-0.4, -0.2) is 21.3 Å². The fourth-order valence-corrected chi connectivity index (χ4v) is 1.82. The van der Waals surface area contributed by atoms with Crippen LogP contribution in [-0.2, 0) is 6.54 Å². The minimum Gasteiger partial charge on any atom is -0.312 e. The third kappa shape index (κ3) is 3.52. The van der Waals surface area contributed by atoms with E-state index in [4.69, 9.17) is 11.6 Å². The number of nitrogens with one attached hydrogen (secondary N) is 1. The van der Waals surface area contributed by atoms with E-state index in [1.54, 1.807) is 12.3 Å². The van der Waals surface area contributed by atoms with Gasteiger partial charge in [0, 0.05) is 18.3 Å². The summed E-state index contributed by atoms with van der Waals surface area (Å²) in [7, 11) is 0. The molecule has 0 radical (unpaired) electrons. The van der Waals surface area contributed by atoms with Crippen LogP contribution in [0.2, 0.25) is 5.02 Å². The lowest BCUT2D eigenvalue weighted by Crippen LogP contribution is -2.20. The molecule has 4 nitrogen and oxygen atoms in total. The smallest absolute Gasteiger partial charge is 0.190 e. The molecule has 19 heavy (non-hydrogen) atoms. The van der Waals surface area contributed by atoms with E-state index in [0.717, 1.165) is 6.54 Å². The summed E-state index contributed by atoms with van der Waals surface area (Å²) in [5.41, 5.74) is 0.567. The average molecular weight is 283 g/mol. The first-order valence-corrected chi connectivity index (χ1v) is 6.50. The first-order valence-electron chi connectivity index (χ1n) is 6.12. The van der Waals surface area contributed by atoms with Crippen LogP contribution in [0.3, 0.4) is 0 Å². The molecule has 0 saturated heterocycles. The highest BCUT2D eigenvalue weighted by Gasteiger charge is 2.12. The van der Waals surface area contributed by atoms with Gasteiger partial charge in [0.25, 0.3) is 0 Å². The molecule has 6 heteroatoms. The lowest BCUT2D eigenvalue weighted by Gasteiger charge is -2.10. The third-order valence-corrected chi connectivity index (χ3v) is 2.78. The highest BCUT2D eigenvalue weighted by atomic mass is 35.5. The molecular weight excluding hydrogens is 267 g/mol. The van der Waals surface area contributed by atoms with Crippen LogP contribution in [0.4, 0.5) is 4.39 Å². The topological polar surface area (TPSA) is 42.7 Å². The van der Waals surface area contributed by atoms with Crippen molar-refractivity contribution < 1.29 is 4.39 Å². The molecule has 0 fully saturated rings. The van der Waals surface area contributed by atoms with Crippen molar-refractivity contribution in [1.29, 1.82) is 0 Å². The van der Waals surface area contributed by atoms with E-state index < -0.39 is 0 Å². The zero-order chi connectivity index (χ0) is 13.8. The van der Waals surface area contributed by atoms with Crippen molar-refractivity contribution in [1.82, 2.24) is 20.1 Å². The molecule has 0 unspecified atom stereocenters. The Balaban J connectivity index is 2.18. The summed E-state index contributed by atoms with van der Waals surface area (Å²) in [6.07, 6.45) is 4.55. The highest BCUT2D eigenvalue weighted by molar-refractivity contribution is 6.30. The summed E-state index contributed by atoms with van der Waals surface area (Å²) in [5.74, 6) is 0.309. The zero-order valence-electron chi connectivity index (χ0n) is 10.9. The average Bonchev–Trinajstić information content (AvgIpc) is 2.77. The molecule has 0 aliphatic rings. The van der Waals surface area contributed by atoms with E-state index in [9.17, 15) is 4.39 Å². The molecule has 2 aromatic heterocycles. The Kier molecular flexibility index (Phi) is 4.50. The van der Waals surface area contributed by atoms with Crippen molar-refractivity contribution in [2.75, 3.05) is 6.54 Å². The molecule has 0 bridgehead atoms. The summed E-state index contributed by atoms with van der Waals surface area (Å²) in [6.45, 7) is 5.51. The minimum absolute atomic E-state index is 0.163. The molecule has 0 amide bonds. The van der Waals surface area contributed by atoms with Crippen molar-refractivity contribution in [2.45, 2.75) is 20.4 Å². The van der Waals surface area contributed by atoms with Gasteiger partial charge < -0.3 is 5.32 Å². The number of hydrogen-bond donors (Lipinski definition) is 1. The van der Waals surface area contributed by atoms with Gasteiger partial charge in [0.1, 0.15) is 0 Å². The maximum atomic E-state index is 14.3. The van der Waals surface area contributed by atoms with E-state index in [1.807, 2.05) is 0 Å². The van der Waals surface area contributed by atoms with Crippen LogP contribution < -0.4 is 5.32 Å². The molecular formula is C13H16ClFN4. The number of halogens is 2. The summed E-state index contributed by atoms with van der Waals surface area (Å²) in [4.78, 5) is 4.00. The van der Waals surface area contributed by atoms with E-state index in [2.05, 4.69) is 29.2 Å². The second kappa shape index (κ2) is 6.12. The van der Waals surface area contributed by atoms with Crippen molar-refractivity contribution in [2.24, 2.45) is 5.92 Å². The summed E-state index contributed by atoms with van der Waals surface area (Å²) in [5, 5.41) is 7.61. The molecule has 0 atom stereocenters. The van der Waals surface area contributed by atoms with Gasteiger partial charge in [0.2, 0.25) is 0 Å². The fourth-order valence-electron chi connectivity index (χ4n) is 1.68. The summed E-state index contributed by atoms with van der Waals surface area (Å²) < 4.78 is 15.6. The monoisotopic (exact) mass is 282 g/mol. The van der Waals surface area contributed by atoms with Crippen LogP contribution in [0.25, 0.3) is 5.82 Å². The molecule has 102 valence electrons. The van der Waals surface area contributed by atoms with Gasteiger partial charge in [-0.15, -0.1) is 0 Å². The van der Waals surface area contributed by atoms with Crippen molar-refractivity contribution >= 4 is 11.6 Å². The minimum atomic E-state index is -0.376. The van der Waals surface area contributed by atoms with Gasteiger partial charge in [-0.1, -0.05) is 25.4 Å². The standard InChI is InChI=1S/C13H16ClFN4/c1-9(2)5-16-6-10-3-4-17-13(12(10)15)19-8-11(14)7-18-19/h3-4,7-9,16H,5-6H2,1-2H3. The van der Waals surface area contributed by atoms with E-state index in [-0.39, 0.29) is 11.6 Å². The fraction of sp³-hybridized carbons (Fsp3) is 0.385. The SMILES string of the molecule is CC(C)CNCc1ccnc(-n2cc(Cl)cn2)c1F. The number of pyridine rings is 1. The Morgan fingerprint density at radius 2 is 2.26 bits per heavy atom. The summed E-state index contributed by atoms with van der Waals surface area (Å²) >= 11 is 5.77. The molecule has 0 aliphatic carbocycles. The van der Waals surface area contributed by atoms with Crippen LogP contribution in [0, 0.1) is 11.7 Å². The first-order chi connectivity index (χ1) is 9.08. The Morgan fingerprint density at radius 3 is 2.89 bits per heavy atom. The van der Waals surface area contributed by atoms with Crippen molar-refractivity contribution in [3.8, 4) is 5.82 Å². The number of rotatable bonds is 5. The maximum Gasteiger partial charge on any atom is 0.190 e.